The second kappa shape index (κ2) is 9.89. The maximum atomic E-state index is 5.45. The first-order valence-corrected chi connectivity index (χ1v) is 6.94. The Morgan fingerprint density at radius 2 is 1.31 bits per heavy atom. The quantitative estimate of drug-likeness (QED) is 0.448. The minimum Gasteiger partial charge on any atom is -0.330 e. The van der Waals surface area contributed by atoms with Crippen LogP contribution in [0.15, 0.2) is 12.2 Å². The second-order valence-electron chi connectivity index (χ2n) is 5.82. The number of allylic oxidation sites excluding steroid dienone is 2. The first-order valence-electron chi connectivity index (χ1n) is 6.94. The van der Waals surface area contributed by atoms with Crippen molar-refractivity contribution >= 4 is 0 Å². The summed E-state index contributed by atoms with van der Waals surface area (Å²) >= 11 is 0. The van der Waals surface area contributed by atoms with Gasteiger partial charge in [-0.25, -0.2) is 0 Å². The van der Waals surface area contributed by atoms with Crippen LogP contribution in [0.3, 0.4) is 0 Å². The predicted molar refractivity (Wildman–Crippen MR) is 74.6 cm³/mol. The molecule has 0 amide bonds. The van der Waals surface area contributed by atoms with E-state index in [1.165, 1.54) is 51.4 Å². The predicted octanol–water partition coefficient (Wildman–Crippen LogP) is 4.67. The van der Waals surface area contributed by atoms with Crippen molar-refractivity contribution in [3.63, 3.8) is 0 Å². The van der Waals surface area contributed by atoms with E-state index in [0.29, 0.717) is 5.41 Å². The summed E-state index contributed by atoms with van der Waals surface area (Å²) in [6.07, 6.45) is 15.3. The third-order valence-electron chi connectivity index (χ3n) is 2.69. The van der Waals surface area contributed by atoms with Gasteiger partial charge in [0.15, 0.2) is 0 Å². The maximum absolute atomic E-state index is 5.45. The van der Waals surface area contributed by atoms with Gasteiger partial charge in [0.2, 0.25) is 0 Å². The first kappa shape index (κ1) is 15.7. The third-order valence-corrected chi connectivity index (χ3v) is 2.69. The van der Waals surface area contributed by atoms with Gasteiger partial charge in [0.1, 0.15) is 0 Å². The molecule has 0 unspecified atom stereocenters. The van der Waals surface area contributed by atoms with Crippen molar-refractivity contribution in [3.8, 4) is 0 Å². The Balaban J connectivity index is 3.13. The van der Waals surface area contributed by atoms with Crippen LogP contribution in [0.5, 0.6) is 0 Å². The Bertz CT molecular complexity index is 165. The van der Waals surface area contributed by atoms with Crippen molar-refractivity contribution in [2.45, 2.75) is 72.1 Å². The summed E-state index contributed by atoms with van der Waals surface area (Å²) in [5.74, 6) is 0. The molecule has 0 saturated carbocycles. The molecule has 0 saturated heterocycles. The molecule has 0 aliphatic rings. The number of rotatable bonds is 9. The SMILES string of the molecule is CC(C)(C)/C=C/CCCCCCCCCN. The van der Waals surface area contributed by atoms with Gasteiger partial charge in [0, 0.05) is 0 Å². The zero-order valence-electron chi connectivity index (χ0n) is 11.6. The van der Waals surface area contributed by atoms with Crippen LogP contribution in [0, 0.1) is 5.41 Å². The van der Waals surface area contributed by atoms with Crippen LogP contribution in [0.25, 0.3) is 0 Å². The molecule has 0 aromatic carbocycles. The summed E-state index contributed by atoms with van der Waals surface area (Å²) in [6.45, 7) is 7.61. The molecule has 0 aliphatic carbocycles. The van der Waals surface area contributed by atoms with E-state index in [9.17, 15) is 0 Å². The van der Waals surface area contributed by atoms with Gasteiger partial charge in [-0.2, -0.15) is 0 Å². The lowest BCUT2D eigenvalue weighted by Crippen LogP contribution is -1.98. The maximum Gasteiger partial charge on any atom is -0.00773 e. The molecule has 0 atom stereocenters. The highest BCUT2D eigenvalue weighted by molar-refractivity contribution is 4.91. The minimum absolute atomic E-state index is 0.349. The highest BCUT2D eigenvalue weighted by Crippen LogP contribution is 2.16. The molecule has 0 heterocycles. The highest BCUT2D eigenvalue weighted by atomic mass is 14.5. The van der Waals surface area contributed by atoms with Crippen molar-refractivity contribution < 1.29 is 0 Å². The molecule has 0 aromatic rings. The topological polar surface area (TPSA) is 26.0 Å². The van der Waals surface area contributed by atoms with Crippen molar-refractivity contribution in [3.05, 3.63) is 12.2 Å². The van der Waals surface area contributed by atoms with Gasteiger partial charge in [0.25, 0.3) is 0 Å². The van der Waals surface area contributed by atoms with Gasteiger partial charge < -0.3 is 5.73 Å². The van der Waals surface area contributed by atoms with Crippen LogP contribution in [0.1, 0.15) is 72.1 Å². The molecule has 0 bridgehead atoms. The monoisotopic (exact) mass is 225 g/mol. The van der Waals surface area contributed by atoms with E-state index in [2.05, 4.69) is 32.9 Å². The van der Waals surface area contributed by atoms with Gasteiger partial charge in [-0.3, -0.25) is 0 Å². The molecule has 1 nitrogen and oxygen atoms in total. The Kier molecular flexibility index (Phi) is 9.71. The summed E-state index contributed by atoms with van der Waals surface area (Å²) in [5, 5.41) is 0. The molecule has 0 aliphatic heterocycles. The molecule has 96 valence electrons. The average Bonchev–Trinajstić information content (AvgIpc) is 2.19. The van der Waals surface area contributed by atoms with Crippen molar-refractivity contribution in [1.82, 2.24) is 0 Å². The number of hydrogen-bond donors (Lipinski definition) is 1. The lowest BCUT2D eigenvalue weighted by molar-refractivity contribution is 0.539. The number of hydrogen-bond acceptors (Lipinski definition) is 1. The van der Waals surface area contributed by atoms with E-state index in [4.69, 9.17) is 5.73 Å². The van der Waals surface area contributed by atoms with E-state index >= 15 is 0 Å². The van der Waals surface area contributed by atoms with Crippen LogP contribution in [-0.4, -0.2) is 6.54 Å². The zero-order valence-corrected chi connectivity index (χ0v) is 11.6. The molecule has 2 N–H and O–H groups in total. The molecule has 0 aromatic heterocycles. The largest absolute Gasteiger partial charge is 0.330 e. The average molecular weight is 225 g/mol. The summed E-state index contributed by atoms with van der Waals surface area (Å²) in [7, 11) is 0. The van der Waals surface area contributed by atoms with Crippen LogP contribution in [0.2, 0.25) is 0 Å². The fourth-order valence-electron chi connectivity index (χ4n) is 1.73. The summed E-state index contributed by atoms with van der Waals surface area (Å²) in [6, 6.07) is 0. The zero-order chi connectivity index (χ0) is 12.3. The summed E-state index contributed by atoms with van der Waals surface area (Å²) in [5.41, 5.74) is 5.80. The molecule has 0 rings (SSSR count). The third kappa shape index (κ3) is 13.7. The lowest BCUT2D eigenvalue weighted by atomic mass is 9.95. The second-order valence-corrected chi connectivity index (χ2v) is 5.82. The first-order chi connectivity index (χ1) is 7.56. The van der Waals surface area contributed by atoms with Crippen LogP contribution in [0.4, 0.5) is 0 Å². The van der Waals surface area contributed by atoms with E-state index in [1.54, 1.807) is 0 Å². The number of unbranched alkanes of at least 4 members (excludes halogenated alkanes) is 7. The van der Waals surface area contributed by atoms with Gasteiger partial charge in [0.05, 0.1) is 0 Å². The Labute approximate surface area is 102 Å². The molecule has 0 spiro atoms. The van der Waals surface area contributed by atoms with Gasteiger partial charge in [-0.15, -0.1) is 0 Å². The van der Waals surface area contributed by atoms with Crippen LogP contribution < -0.4 is 5.73 Å². The van der Waals surface area contributed by atoms with Gasteiger partial charge >= 0.3 is 0 Å². The lowest BCUT2D eigenvalue weighted by Gasteiger charge is -2.10. The van der Waals surface area contributed by atoms with E-state index < -0.39 is 0 Å². The van der Waals surface area contributed by atoms with Crippen LogP contribution >= 0.6 is 0 Å². The Morgan fingerprint density at radius 1 is 0.812 bits per heavy atom. The smallest absolute Gasteiger partial charge is 0.00773 e. The molecule has 0 fully saturated rings. The van der Waals surface area contributed by atoms with E-state index in [1.807, 2.05) is 0 Å². The van der Waals surface area contributed by atoms with Gasteiger partial charge in [-0.1, -0.05) is 65.0 Å². The summed E-state index contributed by atoms with van der Waals surface area (Å²) in [4.78, 5) is 0. The molecular weight excluding hydrogens is 194 g/mol. The fourth-order valence-corrected chi connectivity index (χ4v) is 1.73. The Hall–Kier alpha value is -0.300. The van der Waals surface area contributed by atoms with E-state index in [0.717, 1.165) is 6.54 Å². The molecule has 1 heteroatoms. The van der Waals surface area contributed by atoms with Crippen molar-refractivity contribution in [2.24, 2.45) is 11.1 Å². The molecule has 0 radical (unpaired) electrons. The van der Waals surface area contributed by atoms with Gasteiger partial charge in [-0.05, 0) is 31.2 Å². The summed E-state index contributed by atoms with van der Waals surface area (Å²) < 4.78 is 0. The standard InChI is InChI=1S/C15H31N/c1-15(2,3)13-11-9-7-5-4-6-8-10-12-14-16/h11,13H,4-10,12,14,16H2,1-3H3/b13-11+. The van der Waals surface area contributed by atoms with Crippen molar-refractivity contribution in [1.29, 1.82) is 0 Å². The molecular formula is C15H31N. The number of nitrogens with two attached hydrogens (primary N) is 1. The van der Waals surface area contributed by atoms with Crippen LogP contribution in [-0.2, 0) is 0 Å². The molecule has 16 heavy (non-hydrogen) atoms. The highest BCUT2D eigenvalue weighted by Gasteiger charge is 2.02. The fraction of sp³-hybridized carbons (Fsp3) is 0.867. The normalized spacial score (nSPS) is 12.5. The Morgan fingerprint density at radius 3 is 1.81 bits per heavy atom. The van der Waals surface area contributed by atoms with E-state index in [-0.39, 0.29) is 0 Å². The minimum atomic E-state index is 0.349. The van der Waals surface area contributed by atoms with Crippen molar-refractivity contribution in [2.75, 3.05) is 6.54 Å².